The highest BCUT2D eigenvalue weighted by Crippen LogP contribution is 2.25. The van der Waals surface area contributed by atoms with Gasteiger partial charge in [-0.05, 0) is 30.0 Å². The molecule has 3 aromatic heterocycles. The predicted octanol–water partition coefficient (Wildman–Crippen LogP) is 2.44. The SMILES string of the molecule is CC1(C)CNC(=O)c2cc(C#Cc3ccc4nccn4c3)cnc2C1. The van der Waals surface area contributed by atoms with Crippen LogP contribution < -0.4 is 5.32 Å². The first-order chi connectivity index (χ1) is 12.0. The second-order valence-electron chi connectivity index (χ2n) is 7.10. The lowest BCUT2D eigenvalue weighted by molar-refractivity contribution is 0.0944. The van der Waals surface area contributed by atoms with E-state index in [0.717, 1.165) is 28.9 Å². The number of nitrogens with zero attached hydrogens (tertiary/aromatic N) is 3. The molecule has 0 spiro atoms. The second kappa shape index (κ2) is 5.75. The molecule has 1 N–H and O–H groups in total. The Morgan fingerprint density at radius 3 is 2.92 bits per heavy atom. The number of nitrogens with one attached hydrogen (secondary N) is 1. The summed E-state index contributed by atoms with van der Waals surface area (Å²) in [6, 6.07) is 5.69. The van der Waals surface area contributed by atoms with Gasteiger partial charge in [0.05, 0.1) is 11.3 Å². The fourth-order valence-electron chi connectivity index (χ4n) is 2.97. The minimum Gasteiger partial charge on any atom is -0.351 e. The number of hydrogen-bond donors (Lipinski definition) is 1. The van der Waals surface area contributed by atoms with E-state index in [1.165, 1.54) is 0 Å². The Hall–Kier alpha value is -3.13. The standard InChI is InChI=1S/C20H18N4O/c1-20(2)10-17-16(19(25)23-13-20)9-15(11-22-17)4-3-14-5-6-18-21-7-8-24(18)12-14/h5-9,11-12H,10,13H2,1-2H3,(H,23,25). The number of fused-ring (bicyclic) bond motifs is 2. The van der Waals surface area contributed by atoms with Crippen LogP contribution in [-0.4, -0.2) is 26.8 Å². The number of carbonyl (C=O) groups excluding carboxylic acids is 1. The van der Waals surface area contributed by atoms with Gasteiger partial charge in [-0.2, -0.15) is 0 Å². The summed E-state index contributed by atoms with van der Waals surface area (Å²) in [6.45, 7) is 4.90. The fraction of sp³-hybridized carbons (Fsp3) is 0.250. The van der Waals surface area contributed by atoms with Crippen molar-refractivity contribution < 1.29 is 4.79 Å². The van der Waals surface area contributed by atoms with Crippen molar-refractivity contribution in [2.45, 2.75) is 20.3 Å². The summed E-state index contributed by atoms with van der Waals surface area (Å²) in [5, 5.41) is 2.97. The Morgan fingerprint density at radius 2 is 2.04 bits per heavy atom. The van der Waals surface area contributed by atoms with E-state index in [1.807, 2.05) is 35.0 Å². The average Bonchev–Trinajstić information content (AvgIpc) is 3.02. The van der Waals surface area contributed by atoms with Crippen molar-refractivity contribution >= 4 is 11.6 Å². The number of amides is 1. The van der Waals surface area contributed by atoms with E-state index in [-0.39, 0.29) is 11.3 Å². The van der Waals surface area contributed by atoms with Crippen LogP contribution in [0.3, 0.4) is 0 Å². The Morgan fingerprint density at radius 1 is 1.20 bits per heavy atom. The summed E-state index contributed by atoms with van der Waals surface area (Å²) in [6.07, 6.45) is 8.09. The first kappa shape index (κ1) is 15.4. The summed E-state index contributed by atoms with van der Waals surface area (Å²) >= 11 is 0. The second-order valence-corrected chi connectivity index (χ2v) is 7.10. The smallest absolute Gasteiger partial charge is 0.253 e. The zero-order valence-corrected chi connectivity index (χ0v) is 14.2. The van der Waals surface area contributed by atoms with E-state index < -0.39 is 0 Å². The van der Waals surface area contributed by atoms with Crippen LogP contribution in [0.25, 0.3) is 5.65 Å². The van der Waals surface area contributed by atoms with Crippen LogP contribution in [0.2, 0.25) is 0 Å². The largest absolute Gasteiger partial charge is 0.351 e. The molecule has 4 rings (SSSR count). The van der Waals surface area contributed by atoms with Gasteiger partial charge in [-0.1, -0.05) is 25.7 Å². The minimum absolute atomic E-state index is 0.00131. The molecule has 4 heterocycles. The molecule has 0 saturated carbocycles. The third-order valence-corrected chi connectivity index (χ3v) is 4.33. The first-order valence-electron chi connectivity index (χ1n) is 8.22. The maximum absolute atomic E-state index is 12.3. The van der Waals surface area contributed by atoms with Crippen molar-refractivity contribution in [1.82, 2.24) is 19.7 Å². The van der Waals surface area contributed by atoms with Crippen LogP contribution in [0.4, 0.5) is 0 Å². The number of aromatic nitrogens is 3. The highest BCUT2D eigenvalue weighted by atomic mass is 16.1. The fourth-order valence-corrected chi connectivity index (χ4v) is 2.97. The molecule has 0 aliphatic carbocycles. The summed E-state index contributed by atoms with van der Waals surface area (Å²) in [5.74, 6) is 6.16. The van der Waals surface area contributed by atoms with Crippen molar-refractivity contribution in [2.75, 3.05) is 6.54 Å². The number of hydrogen-bond acceptors (Lipinski definition) is 3. The molecule has 1 aliphatic heterocycles. The van der Waals surface area contributed by atoms with Crippen molar-refractivity contribution in [1.29, 1.82) is 0 Å². The van der Waals surface area contributed by atoms with Gasteiger partial charge in [0, 0.05) is 42.5 Å². The molecule has 3 aromatic rings. The predicted molar refractivity (Wildman–Crippen MR) is 95.2 cm³/mol. The van der Waals surface area contributed by atoms with Crippen molar-refractivity contribution in [2.24, 2.45) is 5.41 Å². The van der Waals surface area contributed by atoms with E-state index in [4.69, 9.17) is 0 Å². The lowest BCUT2D eigenvalue weighted by Gasteiger charge is -2.21. The molecule has 25 heavy (non-hydrogen) atoms. The van der Waals surface area contributed by atoms with E-state index in [2.05, 4.69) is 41.0 Å². The molecule has 0 fully saturated rings. The molecule has 0 unspecified atom stereocenters. The topological polar surface area (TPSA) is 59.3 Å². The van der Waals surface area contributed by atoms with Gasteiger partial charge in [-0.25, -0.2) is 4.98 Å². The Balaban J connectivity index is 1.67. The minimum atomic E-state index is -0.0726. The highest BCUT2D eigenvalue weighted by Gasteiger charge is 2.27. The van der Waals surface area contributed by atoms with Crippen LogP contribution in [-0.2, 0) is 6.42 Å². The van der Waals surface area contributed by atoms with Gasteiger partial charge in [0.1, 0.15) is 5.65 Å². The van der Waals surface area contributed by atoms with Gasteiger partial charge in [0.15, 0.2) is 0 Å². The van der Waals surface area contributed by atoms with Crippen LogP contribution in [0.15, 0.2) is 43.0 Å². The van der Waals surface area contributed by atoms with E-state index >= 15 is 0 Å². The lowest BCUT2D eigenvalue weighted by atomic mass is 9.87. The molecular formula is C20H18N4O. The van der Waals surface area contributed by atoms with Gasteiger partial charge in [-0.3, -0.25) is 9.78 Å². The Labute approximate surface area is 146 Å². The maximum Gasteiger partial charge on any atom is 0.253 e. The van der Waals surface area contributed by atoms with E-state index in [1.54, 1.807) is 12.4 Å². The van der Waals surface area contributed by atoms with Gasteiger partial charge < -0.3 is 9.72 Å². The molecule has 0 radical (unpaired) electrons. The third-order valence-electron chi connectivity index (χ3n) is 4.33. The highest BCUT2D eigenvalue weighted by molar-refractivity contribution is 5.96. The van der Waals surface area contributed by atoms with Gasteiger partial charge in [0.2, 0.25) is 0 Å². The van der Waals surface area contributed by atoms with E-state index in [9.17, 15) is 4.79 Å². The van der Waals surface area contributed by atoms with Crippen LogP contribution in [0, 0.1) is 17.3 Å². The van der Waals surface area contributed by atoms with Crippen molar-refractivity contribution in [3.05, 3.63) is 65.4 Å². The Bertz CT molecular complexity index is 1040. The molecule has 0 atom stereocenters. The molecule has 0 saturated heterocycles. The molecule has 0 bridgehead atoms. The summed E-state index contributed by atoms with van der Waals surface area (Å²) in [5.41, 5.74) is 3.97. The normalized spacial score (nSPS) is 15.7. The van der Waals surface area contributed by atoms with Crippen molar-refractivity contribution in [3.8, 4) is 11.8 Å². The summed E-state index contributed by atoms with van der Waals surface area (Å²) in [7, 11) is 0. The molecular weight excluding hydrogens is 312 g/mol. The van der Waals surface area contributed by atoms with E-state index in [0.29, 0.717) is 12.1 Å². The number of carbonyl (C=O) groups is 1. The molecule has 5 heteroatoms. The zero-order chi connectivity index (χ0) is 17.4. The van der Waals surface area contributed by atoms with Crippen LogP contribution >= 0.6 is 0 Å². The third kappa shape index (κ3) is 3.11. The zero-order valence-electron chi connectivity index (χ0n) is 14.2. The Kier molecular flexibility index (Phi) is 3.54. The molecule has 124 valence electrons. The molecule has 0 aromatic carbocycles. The molecule has 5 nitrogen and oxygen atoms in total. The number of imidazole rings is 1. The lowest BCUT2D eigenvalue weighted by Crippen LogP contribution is -2.31. The summed E-state index contributed by atoms with van der Waals surface area (Å²) < 4.78 is 1.93. The summed E-state index contributed by atoms with van der Waals surface area (Å²) in [4.78, 5) is 21.0. The quantitative estimate of drug-likeness (QED) is 0.644. The van der Waals surface area contributed by atoms with Gasteiger partial charge >= 0.3 is 0 Å². The first-order valence-corrected chi connectivity index (χ1v) is 8.22. The maximum atomic E-state index is 12.3. The monoisotopic (exact) mass is 330 g/mol. The van der Waals surface area contributed by atoms with Crippen molar-refractivity contribution in [3.63, 3.8) is 0 Å². The van der Waals surface area contributed by atoms with Crippen LogP contribution in [0.1, 0.15) is 41.0 Å². The molecule has 1 amide bonds. The number of pyridine rings is 2. The average molecular weight is 330 g/mol. The van der Waals surface area contributed by atoms with Gasteiger partial charge in [0.25, 0.3) is 5.91 Å². The molecule has 1 aliphatic rings. The van der Waals surface area contributed by atoms with Gasteiger partial charge in [-0.15, -0.1) is 0 Å². The van der Waals surface area contributed by atoms with Crippen LogP contribution in [0.5, 0.6) is 0 Å². The number of rotatable bonds is 0.